The summed E-state index contributed by atoms with van der Waals surface area (Å²) in [5.74, 6) is 0. The van der Waals surface area contributed by atoms with Crippen molar-refractivity contribution in [3.05, 3.63) is 0 Å². The molecule has 0 amide bonds. The molecule has 2 atom stereocenters. The van der Waals surface area contributed by atoms with Crippen LogP contribution in [0.4, 0.5) is 0 Å². The molecule has 1 unspecified atom stereocenters. The van der Waals surface area contributed by atoms with Crippen molar-refractivity contribution in [2.75, 3.05) is 39.6 Å². The van der Waals surface area contributed by atoms with Gasteiger partial charge in [0, 0.05) is 19.8 Å². The molecule has 0 saturated heterocycles. The third kappa shape index (κ3) is 15.3. The van der Waals surface area contributed by atoms with Crippen LogP contribution in [-0.2, 0) is 23.1 Å². The van der Waals surface area contributed by atoms with Gasteiger partial charge in [-0.2, -0.15) is 0 Å². The molecule has 0 spiro atoms. The lowest BCUT2D eigenvalue weighted by molar-refractivity contribution is -0.0442. The Kier molecular flexibility index (Phi) is 15.5. The number of hydrogen-bond donors (Lipinski definition) is 2. The fraction of sp³-hybridized carbons (Fsp3) is 1.00. The van der Waals surface area contributed by atoms with E-state index in [9.17, 15) is 9.46 Å². The first-order valence-corrected chi connectivity index (χ1v) is 10.1. The molecule has 0 aromatic heterocycles. The van der Waals surface area contributed by atoms with Gasteiger partial charge >= 0.3 is 7.82 Å². The Morgan fingerprint density at radius 2 is 1.61 bits per heavy atom. The summed E-state index contributed by atoms with van der Waals surface area (Å²) in [5, 5.41) is 0. The minimum atomic E-state index is -4.07. The first kappa shape index (κ1) is 23.0. The van der Waals surface area contributed by atoms with Crippen LogP contribution < -0.4 is 5.73 Å². The Morgan fingerprint density at radius 3 is 2.22 bits per heavy atom. The van der Waals surface area contributed by atoms with Gasteiger partial charge in [0.05, 0.1) is 19.8 Å². The topological polar surface area (TPSA) is 100 Å². The molecule has 0 rings (SSSR count). The van der Waals surface area contributed by atoms with Crippen molar-refractivity contribution in [3.63, 3.8) is 0 Å². The van der Waals surface area contributed by atoms with E-state index >= 15 is 0 Å². The van der Waals surface area contributed by atoms with Gasteiger partial charge in [-0.05, 0) is 12.8 Å². The minimum absolute atomic E-state index is 0.0245. The molecule has 23 heavy (non-hydrogen) atoms. The molecule has 140 valence electrons. The molecule has 0 aliphatic heterocycles. The van der Waals surface area contributed by atoms with E-state index in [1.165, 1.54) is 0 Å². The largest absolute Gasteiger partial charge is 0.472 e. The Morgan fingerprint density at radius 1 is 0.957 bits per heavy atom. The smallest absolute Gasteiger partial charge is 0.379 e. The molecule has 0 radical (unpaired) electrons. The van der Waals surface area contributed by atoms with Crippen molar-refractivity contribution in [2.24, 2.45) is 5.73 Å². The quantitative estimate of drug-likeness (QED) is 0.306. The molecule has 0 saturated carbocycles. The van der Waals surface area contributed by atoms with Gasteiger partial charge in [0.15, 0.2) is 0 Å². The summed E-state index contributed by atoms with van der Waals surface area (Å²) in [6.45, 7) is 5.92. The molecule has 0 aliphatic carbocycles. The Bertz CT molecular complexity index is 306. The van der Waals surface area contributed by atoms with Crippen LogP contribution in [0.5, 0.6) is 0 Å². The van der Waals surface area contributed by atoms with Crippen LogP contribution in [0.3, 0.4) is 0 Å². The van der Waals surface area contributed by atoms with Crippen molar-refractivity contribution >= 4 is 7.82 Å². The van der Waals surface area contributed by atoms with E-state index in [0.29, 0.717) is 19.8 Å². The van der Waals surface area contributed by atoms with Gasteiger partial charge in [0.2, 0.25) is 0 Å². The summed E-state index contributed by atoms with van der Waals surface area (Å²) >= 11 is 0. The first-order chi connectivity index (χ1) is 11.1. The summed E-state index contributed by atoms with van der Waals surface area (Å²) in [5.41, 5.74) is 5.23. The monoisotopic (exact) mass is 355 g/mol. The summed E-state index contributed by atoms with van der Waals surface area (Å²) in [4.78, 5) is 9.50. The highest BCUT2D eigenvalue weighted by Crippen LogP contribution is 2.42. The van der Waals surface area contributed by atoms with E-state index in [-0.39, 0.29) is 25.9 Å². The molecule has 3 N–H and O–H groups in total. The van der Waals surface area contributed by atoms with E-state index in [4.69, 9.17) is 24.3 Å². The number of phosphoric acid groups is 1. The maximum Gasteiger partial charge on any atom is 0.472 e. The average Bonchev–Trinajstić information content (AvgIpc) is 2.53. The zero-order valence-corrected chi connectivity index (χ0v) is 15.5. The fourth-order valence-corrected chi connectivity index (χ4v) is 2.56. The highest BCUT2D eigenvalue weighted by Gasteiger charge is 2.23. The third-order valence-corrected chi connectivity index (χ3v) is 4.08. The van der Waals surface area contributed by atoms with Crippen LogP contribution >= 0.6 is 7.82 Å². The molecule has 0 fully saturated rings. The molecule has 0 aromatic carbocycles. The van der Waals surface area contributed by atoms with Crippen molar-refractivity contribution in [1.82, 2.24) is 0 Å². The number of unbranched alkanes of at least 4 members (excludes halogenated alkanes) is 4. The van der Waals surface area contributed by atoms with E-state index in [0.717, 1.165) is 38.5 Å². The van der Waals surface area contributed by atoms with Crippen LogP contribution in [0.2, 0.25) is 0 Å². The molecular weight excluding hydrogens is 321 g/mol. The van der Waals surface area contributed by atoms with Crippen LogP contribution in [0.15, 0.2) is 0 Å². The zero-order valence-electron chi connectivity index (χ0n) is 14.6. The second-order valence-electron chi connectivity index (χ2n) is 5.37. The molecule has 0 bridgehead atoms. The van der Waals surface area contributed by atoms with Gasteiger partial charge in [-0.25, -0.2) is 4.57 Å². The van der Waals surface area contributed by atoms with Crippen molar-refractivity contribution in [2.45, 2.75) is 58.5 Å². The minimum Gasteiger partial charge on any atom is -0.379 e. The van der Waals surface area contributed by atoms with Crippen LogP contribution in [0, 0.1) is 0 Å². The van der Waals surface area contributed by atoms with E-state index in [1.54, 1.807) is 0 Å². The van der Waals surface area contributed by atoms with Gasteiger partial charge in [-0.3, -0.25) is 9.05 Å². The molecule has 0 aromatic rings. The average molecular weight is 355 g/mol. The van der Waals surface area contributed by atoms with Gasteiger partial charge in [-0.15, -0.1) is 0 Å². The lowest BCUT2D eigenvalue weighted by Gasteiger charge is -2.20. The van der Waals surface area contributed by atoms with E-state index in [2.05, 4.69) is 13.8 Å². The normalized spacial score (nSPS) is 15.5. The van der Waals surface area contributed by atoms with Crippen LogP contribution in [0.25, 0.3) is 0 Å². The Balaban J connectivity index is 4.10. The second-order valence-corrected chi connectivity index (χ2v) is 6.82. The number of phosphoric ester groups is 1. The van der Waals surface area contributed by atoms with Crippen LogP contribution in [-0.4, -0.2) is 50.6 Å². The third-order valence-electron chi connectivity index (χ3n) is 3.09. The second kappa shape index (κ2) is 15.5. The lowest BCUT2D eigenvalue weighted by Crippen LogP contribution is -2.26. The summed E-state index contributed by atoms with van der Waals surface area (Å²) in [6, 6.07) is 0. The van der Waals surface area contributed by atoms with Crippen molar-refractivity contribution in [1.29, 1.82) is 0 Å². The van der Waals surface area contributed by atoms with Gasteiger partial charge in [0.1, 0.15) is 6.10 Å². The molecule has 0 aliphatic rings. The fourth-order valence-electron chi connectivity index (χ4n) is 1.80. The van der Waals surface area contributed by atoms with Crippen molar-refractivity contribution < 1.29 is 28.0 Å². The predicted octanol–water partition coefficient (Wildman–Crippen LogP) is 2.86. The SMILES string of the molecule is CCCCCOC[C@H](COP(=O)(O)OCCN)OCCCCC. The lowest BCUT2D eigenvalue weighted by atomic mass is 10.2. The highest BCUT2D eigenvalue weighted by atomic mass is 31.2. The van der Waals surface area contributed by atoms with Gasteiger partial charge < -0.3 is 20.1 Å². The van der Waals surface area contributed by atoms with E-state index in [1.807, 2.05) is 0 Å². The molecule has 8 heteroatoms. The maximum atomic E-state index is 11.6. The number of ether oxygens (including phenoxy) is 2. The summed E-state index contributed by atoms with van der Waals surface area (Å²) in [7, 11) is -4.07. The first-order valence-electron chi connectivity index (χ1n) is 8.57. The molecular formula is C15H34NO6P. The predicted molar refractivity (Wildman–Crippen MR) is 90.4 cm³/mol. The summed E-state index contributed by atoms with van der Waals surface area (Å²) < 4.78 is 32.5. The highest BCUT2D eigenvalue weighted by molar-refractivity contribution is 7.47. The molecule has 7 nitrogen and oxygen atoms in total. The standard InChI is InChI=1S/C15H34NO6P/c1-3-5-7-10-19-13-15(20-11-8-6-4-2)14-22-23(17,18)21-12-9-16/h15H,3-14,16H2,1-2H3,(H,17,18)/t15-/m1/s1. The Labute approximate surface area is 140 Å². The van der Waals surface area contributed by atoms with Gasteiger partial charge in [0.25, 0.3) is 0 Å². The summed E-state index contributed by atoms with van der Waals surface area (Å²) in [6.07, 6.45) is 6.02. The van der Waals surface area contributed by atoms with E-state index < -0.39 is 7.82 Å². The van der Waals surface area contributed by atoms with Crippen LogP contribution in [0.1, 0.15) is 52.4 Å². The Hall–Kier alpha value is -0.0100. The molecule has 0 heterocycles. The number of nitrogens with two attached hydrogens (primary N) is 1. The number of rotatable bonds is 17. The van der Waals surface area contributed by atoms with Gasteiger partial charge in [-0.1, -0.05) is 39.5 Å². The zero-order chi connectivity index (χ0) is 17.4. The number of hydrogen-bond acceptors (Lipinski definition) is 6. The van der Waals surface area contributed by atoms with Crippen molar-refractivity contribution in [3.8, 4) is 0 Å². The maximum absolute atomic E-state index is 11.6.